The number of aliphatic hydroxyl groups excluding tert-OH is 1. The molecule has 3 rings (SSSR count). The maximum atomic E-state index is 10.6. The summed E-state index contributed by atoms with van der Waals surface area (Å²) < 4.78 is 11.5. The van der Waals surface area contributed by atoms with Crippen LogP contribution in [-0.2, 0) is 0 Å². The Morgan fingerprint density at radius 1 is 1.00 bits per heavy atom. The van der Waals surface area contributed by atoms with E-state index in [1.54, 1.807) is 0 Å². The minimum absolute atomic E-state index is 0.0500. The fourth-order valence-electron chi connectivity index (χ4n) is 2.36. The first-order valence-corrected chi connectivity index (χ1v) is 7.07. The van der Waals surface area contributed by atoms with Gasteiger partial charge in [-0.15, -0.1) is 0 Å². The van der Waals surface area contributed by atoms with Crippen molar-refractivity contribution < 1.29 is 14.3 Å². The molecule has 0 amide bonds. The highest BCUT2D eigenvalue weighted by atomic mass is 16.5. The van der Waals surface area contributed by atoms with E-state index in [2.05, 4.69) is 0 Å². The maximum Gasteiger partial charge on any atom is 0.140 e. The third-order valence-electron chi connectivity index (χ3n) is 3.29. The quantitative estimate of drug-likeness (QED) is 0.775. The molecule has 0 fully saturated rings. The van der Waals surface area contributed by atoms with Crippen LogP contribution >= 0.6 is 0 Å². The normalized spacial score (nSPS) is 12.8. The number of rotatable bonds is 4. The molecular weight excluding hydrogens is 264 g/mol. The molecular formula is C18H18O3. The molecule has 0 saturated heterocycles. The molecule has 2 aromatic carbocycles. The molecule has 1 heterocycles. The summed E-state index contributed by atoms with van der Waals surface area (Å²) >= 11 is 0. The molecule has 1 unspecified atom stereocenters. The van der Waals surface area contributed by atoms with Crippen molar-refractivity contribution in [2.24, 2.45) is 0 Å². The van der Waals surface area contributed by atoms with E-state index in [1.165, 1.54) is 0 Å². The first-order chi connectivity index (χ1) is 10.1. The first-order valence-electron chi connectivity index (χ1n) is 7.07. The molecule has 1 atom stereocenters. The van der Waals surface area contributed by atoms with Crippen LogP contribution in [0.5, 0.6) is 5.75 Å². The van der Waals surface area contributed by atoms with Crippen LogP contribution in [0.1, 0.15) is 31.3 Å². The second kappa shape index (κ2) is 5.62. The summed E-state index contributed by atoms with van der Waals surface area (Å²) in [5.74, 6) is 1.21. The van der Waals surface area contributed by atoms with Crippen LogP contribution < -0.4 is 4.74 Å². The molecule has 3 heteroatoms. The van der Waals surface area contributed by atoms with E-state index in [4.69, 9.17) is 9.15 Å². The summed E-state index contributed by atoms with van der Waals surface area (Å²) in [6.07, 6.45) is -0.790. The zero-order valence-corrected chi connectivity index (χ0v) is 12.1. The number of aliphatic hydroxyl groups is 1. The second-order valence-electron chi connectivity index (χ2n) is 5.29. The number of furan rings is 1. The maximum absolute atomic E-state index is 10.6. The van der Waals surface area contributed by atoms with E-state index in [1.807, 2.05) is 68.4 Å². The van der Waals surface area contributed by atoms with Gasteiger partial charge in [0.1, 0.15) is 23.2 Å². The highest BCUT2D eigenvalue weighted by Crippen LogP contribution is 2.33. The average Bonchev–Trinajstić information content (AvgIpc) is 2.90. The highest BCUT2D eigenvalue weighted by molar-refractivity contribution is 5.77. The Balaban J connectivity index is 1.99. The molecule has 0 saturated carbocycles. The van der Waals surface area contributed by atoms with Gasteiger partial charge in [0.25, 0.3) is 0 Å². The van der Waals surface area contributed by atoms with Gasteiger partial charge in [0.2, 0.25) is 0 Å². The molecule has 0 aliphatic carbocycles. The number of para-hydroxylation sites is 2. The van der Waals surface area contributed by atoms with Crippen molar-refractivity contribution >= 4 is 11.0 Å². The molecule has 21 heavy (non-hydrogen) atoms. The van der Waals surface area contributed by atoms with Crippen LogP contribution in [0.3, 0.4) is 0 Å². The minimum Gasteiger partial charge on any atom is -0.491 e. The van der Waals surface area contributed by atoms with E-state index < -0.39 is 6.10 Å². The summed E-state index contributed by atoms with van der Waals surface area (Å²) in [5.41, 5.74) is 1.49. The average molecular weight is 282 g/mol. The van der Waals surface area contributed by atoms with Gasteiger partial charge in [0.15, 0.2) is 0 Å². The van der Waals surface area contributed by atoms with E-state index in [0.29, 0.717) is 17.1 Å². The van der Waals surface area contributed by atoms with Gasteiger partial charge < -0.3 is 14.3 Å². The van der Waals surface area contributed by atoms with Crippen molar-refractivity contribution in [3.05, 3.63) is 65.9 Å². The Bertz CT molecular complexity index is 710. The lowest BCUT2D eigenvalue weighted by Crippen LogP contribution is -2.09. The zero-order chi connectivity index (χ0) is 14.8. The monoisotopic (exact) mass is 282 g/mol. The van der Waals surface area contributed by atoms with Crippen molar-refractivity contribution in [2.75, 3.05) is 0 Å². The van der Waals surface area contributed by atoms with Crippen LogP contribution in [0.4, 0.5) is 0 Å². The van der Waals surface area contributed by atoms with Gasteiger partial charge in [0, 0.05) is 10.9 Å². The van der Waals surface area contributed by atoms with Crippen LogP contribution in [0.25, 0.3) is 11.0 Å². The lowest BCUT2D eigenvalue weighted by Gasteiger charge is -2.16. The number of hydrogen-bond acceptors (Lipinski definition) is 3. The van der Waals surface area contributed by atoms with Crippen molar-refractivity contribution in [2.45, 2.75) is 26.1 Å². The molecule has 3 nitrogen and oxygen atoms in total. The van der Waals surface area contributed by atoms with Gasteiger partial charge in [0.05, 0.1) is 6.10 Å². The Labute approximate surface area is 123 Å². The van der Waals surface area contributed by atoms with Crippen molar-refractivity contribution in [3.8, 4) is 5.75 Å². The van der Waals surface area contributed by atoms with Crippen molar-refractivity contribution in [1.29, 1.82) is 0 Å². The number of benzene rings is 2. The molecule has 0 bridgehead atoms. The summed E-state index contributed by atoms with van der Waals surface area (Å²) in [6.45, 7) is 3.93. The smallest absolute Gasteiger partial charge is 0.140 e. The summed E-state index contributed by atoms with van der Waals surface area (Å²) in [4.78, 5) is 0. The van der Waals surface area contributed by atoms with Crippen LogP contribution in [0.15, 0.2) is 59.0 Å². The molecule has 0 spiro atoms. The Kier molecular flexibility index (Phi) is 3.67. The summed E-state index contributed by atoms with van der Waals surface area (Å²) in [6, 6.07) is 17.1. The van der Waals surface area contributed by atoms with E-state index in [0.717, 1.165) is 11.0 Å². The van der Waals surface area contributed by atoms with Gasteiger partial charge in [-0.2, -0.15) is 0 Å². The lowest BCUT2D eigenvalue weighted by molar-refractivity contribution is 0.178. The lowest BCUT2D eigenvalue weighted by atomic mass is 10.1. The Morgan fingerprint density at radius 3 is 2.48 bits per heavy atom. The van der Waals surface area contributed by atoms with Gasteiger partial charge >= 0.3 is 0 Å². The Morgan fingerprint density at radius 2 is 1.71 bits per heavy atom. The molecule has 3 aromatic rings. The molecule has 1 aromatic heterocycles. The third-order valence-corrected chi connectivity index (χ3v) is 3.29. The fourth-order valence-corrected chi connectivity index (χ4v) is 2.36. The highest BCUT2D eigenvalue weighted by Gasteiger charge is 2.19. The van der Waals surface area contributed by atoms with Crippen molar-refractivity contribution in [1.82, 2.24) is 0 Å². The van der Waals surface area contributed by atoms with Gasteiger partial charge in [-0.05, 0) is 32.0 Å². The standard InChI is InChI=1S/C18H18O3/c1-12(2)20-16-10-6-4-8-14(16)18(19)17-11-13-7-3-5-9-15(13)21-17/h3-12,18-19H,1-2H3. The number of fused-ring (bicyclic) bond motifs is 1. The summed E-state index contributed by atoms with van der Waals surface area (Å²) in [5, 5.41) is 11.6. The van der Waals surface area contributed by atoms with Gasteiger partial charge in [-0.1, -0.05) is 36.4 Å². The van der Waals surface area contributed by atoms with Crippen LogP contribution in [0, 0.1) is 0 Å². The second-order valence-corrected chi connectivity index (χ2v) is 5.29. The predicted molar refractivity (Wildman–Crippen MR) is 82.5 cm³/mol. The largest absolute Gasteiger partial charge is 0.491 e. The molecule has 0 radical (unpaired) electrons. The van der Waals surface area contributed by atoms with Crippen LogP contribution in [-0.4, -0.2) is 11.2 Å². The molecule has 108 valence electrons. The zero-order valence-electron chi connectivity index (χ0n) is 12.1. The van der Waals surface area contributed by atoms with E-state index >= 15 is 0 Å². The number of ether oxygens (including phenoxy) is 1. The van der Waals surface area contributed by atoms with Crippen molar-refractivity contribution in [3.63, 3.8) is 0 Å². The third kappa shape index (κ3) is 2.78. The SMILES string of the molecule is CC(C)Oc1ccccc1C(O)c1cc2ccccc2o1. The van der Waals surface area contributed by atoms with E-state index in [-0.39, 0.29) is 6.10 Å². The molecule has 0 aliphatic heterocycles. The molecule has 1 N–H and O–H groups in total. The number of hydrogen-bond donors (Lipinski definition) is 1. The first kappa shape index (κ1) is 13.7. The fraction of sp³-hybridized carbons (Fsp3) is 0.222. The van der Waals surface area contributed by atoms with Gasteiger partial charge in [-0.3, -0.25) is 0 Å². The topological polar surface area (TPSA) is 42.6 Å². The predicted octanol–water partition coefficient (Wildman–Crippen LogP) is 4.30. The van der Waals surface area contributed by atoms with E-state index in [9.17, 15) is 5.11 Å². The van der Waals surface area contributed by atoms with Gasteiger partial charge in [-0.25, -0.2) is 0 Å². The van der Waals surface area contributed by atoms with Crippen LogP contribution in [0.2, 0.25) is 0 Å². The Hall–Kier alpha value is -2.26. The molecule has 0 aliphatic rings. The summed E-state index contributed by atoms with van der Waals surface area (Å²) in [7, 11) is 0. The minimum atomic E-state index is -0.840.